The Bertz CT molecular complexity index is 692. The van der Waals surface area contributed by atoms with E-state index in [0.717, 1.165) is 5.56 Å². The molecule has 0 aliphatic carbocycles. The predicted molar refractivity (Wildman–Crippen MR) is 86.0 cm³/mol. The molecule has 2 rings (SSSR count). The standard InChI is InChI=1S/C17H19N3O3/c1-12(21)14-9-15(19-11-14)17(23)18-8-7-16(22)20-10-13-5-3-2-4-6-13/h2-6,9,11,19H,7-8,10H2,1H3,(H,18,23)(H,20,22). The minimum absolute atomic E-state index is 0.111. The highest BCUT2D eigenvalue weighted by atomic mass is 16.2. The van der Waals surface area contributed by atoms with E-state index >= 15 is 0 Å². The molecule has 0 saturated heterocycles. The van der Waals surface area contributed by atoms with Crippen LogP contribution in [0, 0.1) is 0 Å². The summed E-state index contributed by atoms with van der Waals surface area (Å²) in [6, 6.07) is 11.1. The Kier molecular flexibility index (Phi) is 5.68. The number of hydrogen-bond donors (Lipinski definition) is 3. The van der Waals surface area contributed by atoms with Crippen LogP contribution in [0.15, 0.2) is 42.6 Å². The molecule has 0 saturated carbocycles. The van der Waals surface area contributed by atoms with Crippen LogP contribution in [-0.2, 0) is 11.3 Å². The van der Waals surface area contributed by atoms with Gasteiger partial charge in [0.1, 0.15) is 5.69 Å². The van der Waals surface area contributed by atoms with E-state index in [1.807, 2.05) is 30.3 Å². The zero-order valence-corrected chi connectivity index (χ0v) is 12.9. The molecule has 6 nitrogen and oxygen atoms in total. The third-order valence-corrected chi connectivity index (χ3v) is 3.30. The Hall–Kier alpha value is -2.89. The average molecular weight is 313 g/mol. The second kappa shape index (κ2) is 7.93. The normalized spacial score (nSPS) is 10.1. The van der Waals surface area contributed by atoms with Crippen LogP contribution < -0.4 is 10.6 Å². The highest BCUT2D eigenvalue weighted by Gasteiger charge is 2.10. The first-order valence-corrected chi connectivity index (χ1v) is 7.34. The Morgan fingerprint density at radius 3 is 2.48 bits per heavy atom. The molecule has 3 N–H and O–H groups in total. The second-order valence-corrected chi connectivity index (χ2v) is 5.13. The van der Waals surface area contributed by atoms with Gasteiger partial charge < -0.3 is 15.6 Å². The van der Waals surface area contributed by atoms with Gasteiger partial charge in [-0.25, -0.2) is 0 Å². The van der Waals surface area contributed by atoms with Gasteiger partial charge in [-0.3, -0.25) is 14.4 Å². The smallest absolute Gasteiger partial charge is 0.267 e. The van der Waals surface area contributed by atoms with Crippen molar-refractivity contribution in [1.82, 2.24) is 15.6 Å². The molecule has 0 unspecified atom stereocenters. The molecule has 23 heavy (non-hydrogen) atoms. The SMILES string of the molecule is CC(=O)c1c[nH]c(C(=O)NCCC(=O)NCc2ccccc2)c1. The molecule has 0 aliphatic rings. The second-order valence-electron chi connectivity index (χ2n) is 5.13. The molecule has 0 spiro atoms. The minimum Gasteiger partial charge on any atom is -0.356 e. The Labute approximate surface area is 134 Å². The number of H-pyrrole nitrogens is 1. The van der Waals surface area contributed by atoms with E-state index in [-0.39, 0.29) is 30.6 Å². The van der Waals surface area contributed by atoms with E-state index in [1.54, 1.807) is 0 Å². The number of benzene rings is 1. The van der Waals surface area contributed by atoms with Crippen LogP contribution in [0.4, 0.5) is 0 Å². The van der Waals surface area contributed by atoms with Crippen molar-refractivity contribution in [2.24, 2.45) is 0 Å². The third-order valence-electron chi connectivity index (χ3n) is 3.30. The zero-order chi connectivity index (χ0) is 16.7. The lowest BCUT2D eigenvalue weighted by atomic mass is 10.2. The largest absolute Gasteiger partial charge is 0.356 e. The number of rotatable bonds is 7. The van der Waals surface area contributed by atoms with Gasteiger partial charge in [0.25, 0.3) is 5.91 Å². The van der Waals surface area contributed by atoms with Crippen LogP contribution >= 0.6 is 0 Å². The molecule has 0 fully saturated rings. The monoisotopic (exact) mass is 313 g/mol. The number of Topliss-reactive ketones (excluding diaryl/α,β-unsaturated/α-hetero) is 1. The van der Waals surface area contributed by atoms with E-state index in [9.17, 15) is 14.4 Å². The summed E-state index contributed by atoms with van der Waals surface area (Å²) in [5.41, 5.74) is 1.78. The molecular formula is C17H19N3O3. The van der Waals surface area contributed by atoms with E-state index in [0.29, 0.717) is 17.8 Å². The number of carbonyl (C=O) groups is 3. The van der Waals surface area contributed by atoms with Crippen molar-refractivity contribution in [1.29, 1.82) is 0 Å². The summed E-state index contributed by atoms with van der Waals surface area (Å²) < 4.78 is 0. The maximum Gasteiger partial charge on any atom is 0.267 e. The molecule has 2 amide bonds. The van der Waals surface area contributed by atoms with Crippen molar-refractivity contribution in [3.05, 3.63) is 59.4 Å². The molecule has 0 bridgehead atoms. The van der Waals surface area contributed by atoms with Crippen molar-refractivity contribution < 1.29 is 14.4 Å². The summed E-state index contributed by atoms with van der Waals surface area (Å²) >= 11 is 0. The van der Waals surface area contributed by atoms with Crippen molar-refractivity contribution in [2.45, 2.75) is 19.9 Å². The fourth-order valence-corrected chi connectivity index (χ4v) is 2.00. The molecule has 1 aromatic heterocycles. The number of hydrogen-bond acceptors (Lipinski definition) is 3. The zero-order valence-electron chi connectivity index (χ0n) is 12.9. The lowest BCUT2D eigenvalue weighted by Gasteiger charge is -2.06. The van der Waals surface area contributed by atoms with Crippen LogP contribution in [0.25, 0.3) is 0 Å². The Morgan fingerprint density at radius 2 is 1.83 bits per heavy atom. The average Bonchev–Trinajstić information content (AvgIpc) is 3.04. The molecule has 1 aromatic carbocycles. The minimum atomic E-state index is -0.339. The first kappa shape index (κ1) is 16.5. The lowest BCUT2D eigenvalue weighted by Crippen LogP contribution is -2.30. The number of aromatic amines is 1. The highest BCUT2D eigenvalue weighted by Crippen LogP contribution is 2.04. The van der Waals surface area contributed by atoms with Gasteiger partial charge in [-0.1, -0.05) is 30.3 Å². The molecule has 6 heteroatoms. The maximum atomic E-state index is 11.9. The number of amides is 2. The van der Waals surface area contributed by atoms with Gasteiger partial charge in [0.2, 0.25) is 5.91 Å². The molecule has 0 atom stereocenters. The first-order chi connectivity index (χ1) is 11.1. The van der Waals surface area contributed by atoms with E-state index in [1.165, 1.54) is 19.2 Å². The van der Waals surface area contributed by atoms with E-state index in [4.69, 9.17) is 0 Å². The van der Waals surface area contributed by atoms with Gasteiger partial charge in [-0.15, -0.1) is 0 Å². The van der Waals surface area contributed by atoms with Gasteiger partial charge in [-0.2, -0.15) is 0 Å². The summed E-state index contributed by atoms with van der Waals surface area (Å²) in [5.74, 6) is -0.584. The number of nitrogens with one attached hydrogen (secondary N) is 3. The number of ketones is 1. The lowest BCUT2D eigenvalue weighted by molar-refractivity contribution is -0.121. The summed E-state index contributed by atoms with van der Waals surface area (Å²) in [7, 11) is 0. The van der Waals surface area contributed by atoms with Crippen LogP contribution in [0.2, 0.25) is 0 Å². The van der Waals surface area contributed by atoms with Crippen molar-refractivity contribution in [3.8, 4) is 0 Å². The molecule has 0 radical (unpaired) electrons. The summed E-state index contributed by atoms with van der Waals surface area (Å²) in [6.45, 7) is 2.13. The third kappa shape index (κ3) is 5.10. The quantitative estimate of drug-likeness (QED) is 0.679. The Morgan fingerprint density at radius 1 is 1.09 bits per heavy atom. The van der Waals surface area contributed by atoms with E-state index < -0.39 is 0 Å². The molecule has 2 aromatic rings. The fourth-order valence-electron chi connectivity index (χ4n) is 2.00. The first-order valence-electron chi connectivity index (χ1n) is 7.34. The van der Waals surface area contributed by atoms with Crippen molar-refractivity contribution in [2.75, 3.05) is 6.54 Å². The highest BCUT2D eigenvalue weighted by molar-refractivity contribution is 5.99. The topological polar surface area (TPSA) is 91.1 Å². The Balaban J connectivity index is 1.70. The maximum absolute atomic E-state index is 11.9. The van der Waals surface area contributed by atoms with Crippen LogP contribution in [0.1, 0.15) is 39.8 Å². The summed E-state index contributed by atoms with van der Waals surface area (Å²) in [5, 5.41) is 5.43. The van der Waals surface area contributed by atoms with E-state index in [2.05, 4.69) is 15.6 Å². The number of aromatic nitrogens is 1. The summed E-state index contributed by atoms with van der Waals surface area (Å²) in [6.07, 6.45) is 1.68. The predicted octanol–water partition coefficient (Wildman–Crippen LogP) is 1.65. The van der Waals surface area contributed by atoms with Crippen LogP contribution in [-0.4, -0.2) is 29.1 Å². The molecule has 1 heterocycles. The molecular weight excluding hydrogens is 294 g/mol. The van der Waals surface area contributed by atoms with Gasteiger partial charge in [0, 0.05) is 31.3 Å². The summed E-state index contributed by atoms with van der Waals surface area (Å²) in [4.78, 5) is 37.5. The van der Waals surface area contributed by atoms with Crippen LogP contribution in [0.5, 0.6) is 0 Å². The molecule has 0 aliphatic heterocycles. The van der Waals surface area contributed by atoms with Crippen molar-refractivity contribution in [3.63, 3.8) is 0 Å². The number of carbonyl (C=O) groups excluding carboxylic acids is 3. The van der Waals surface area contributed by atoms with Gasteiger partial charge in [0.05, 0.1) is 0 Å². The van der Waals surface area contributed by atoms with Gasteiger partial charge >= 0.3 is 0 Å². The van der Waals surface area contributed by atoms with Crippen molar-refractivity contribution >= 4 is 17.6 Å². The van der Waals surface area contributed by atoms with Crippen LogP contribution in [0.3, 0.4) is 0 Å². The fraction of sp³-hybridized carbons (Fsp3) is 0.235. The molecule has 120 valence electrons. The van der Waals surface area contributed by atoms with Gasteiger partial charge in [-0.05, 0) is 18.6 Å². The van der Waals surface area contributed by atoms with Gasteiger partial charge in [0.15, 0.2) is 5.78 Å².